The first-order valence-corrected chi connectivity index (χ1v) is 10.9. The number of fused-ring (bicyclic) bond motifs is 1. The molecule has 0 aliphatic rings. The molecule has 0 atom stereocenters. The standard InChI is InChI=1S/C22H25ClFN3OS.ClH/c1-5-26(6-2)9-10-27(21(28)17-8-7-16(24)13-18(17)23)22-25-20-15(4)11-14(3)12-19(20)29-22;/h7-8,11-13H,5-6,9-10H2,1-4H3;1H. The molecule has 0 aliphatic heterocycles. The van der Waals surface area contributed by atoms with E-state index in [1.165, 1.54) is 29.5 Å². The van der Waals surface area contributed by atoms with Crippen LogP contribution in [0.3, 0.4) is 0 Å². The van der Waals surface area contributed by atoms with Gasteiger partial charge in [-0.05, 0) is 62.3 Å². The summed E-state index contributed by atoms with van der Waals surface area (Å²) in [5.41, 5.74) is 3.42. The molecule has 0 spiro atoms. The topological polar surface area (TPSA) is 36.4 Å². The highest BCUT2D eigenvalue weighted by atomic mass is 35.5. The first kappa shape index (κ1) is 24.5. The molecule has 0 saturated heterocycles. The maximum absolute atomic E-state index is 13.5. The van der Waals surface area contributed by atoms with Gasteiger partial charge < -0.3 is 4.90 Å². The number of amides is 1. The van der Waals surface area contributed by atoms with E-state index in [1.807, 2.05) is 13.8 Å². The zero-order valence-corrected chi connectivity index (χ0v) is 19.9. The lowest BCUT2D eigenvalue weighted by Gasteiger charge is -2.25. The molecular formula is C22H26Cl2FN3OS. The molecule has 30 heavy (non-hydrogen) atoms. The van der Waals surface area contributed by atoms with E-state index in [0.717, 1.165) is 34.4 Å². The van der Waals surface area contributed by atoms with Crippen LogP contribution in [-0.4, -0.2) is 42.0 Å². The smallest absolute Gasteiger partial charge is 0.261 e. The molecule has 3 rings (SSSR count). The molecule has 0 aliphatic carbocycles. The summed E-state index contributed by atoms with van der Waals surface area (Å²) in [7, 11) is 0. The van der Waals surface area contributed by atoms with Crippen molar-refractivity contribution in [2.75, 3.05) is 31.1 Å². The van der Waals surface area contributed by atoms with Crippen molar-refractivity contribution in [1.82, 2.24) is 9.88 Å². The Labute approximate surface area is 192 Å². The quantitative estimate of drug-likeness (QED) is 0.418. The van der Waals surface area contributed by atoms with Gasteiger partial charge in [-0.1, -0.05) is 42.9 Å². The molecule has 1 amide bonds. The van der Waals surface area contributed by atoms with Gasteiger partial charge in [-0.25, -0.2) is 9.37 Å². The average molecular weight is 470 g/mol. The zero-order valence-electron chi connectivity index (χ0n) is 17.5. The second-order valence-electron chi connectivity index (χ2n) is 7.03. The van der Waals surface area contributed by atoms with Gasteiger partial charge in [-0.3, -0.25) is 9.69 Å². The molecule has 8 heteroatoms. The molecule has 1 heterocycles. The largest absolute Gasteiger partial charge is 0.302 e. The Morgan fingerprint density at radius 2 is 1.83 bits per heavy atom. The minimum atomic E-state index is -0.465. The first-order chi connectivity index (χ1) is 13.8. The van der Waals surface area contributed by atoms with Gasteiger partial charge in [0.05, 0.1) is 20.8 Å². The van der Waals surface area contributed by atoms with Crippen molar-refractivity contribution in [3.05, 3.63) is 57.9 Å². The Kier molecular flexibility index (Phi) is 8.62. The van der Waals surface area contributed by atoms with Crippen molar-refractivity contribution in [1.29, 1.82) is 0 Å². The summed E-state index contributed by atoms with van der Waals surface area (Å²) in [6.45, 7) is 11.2. The maximum atomic E-state index is 13.5. The van der Waals surface area contributed by atoms with Gasteiger partial charge in [-0.2, -0.15) is 0 Å². The van der Waals surface area contributed by atoms with Gasteiger partial charge in [0.25, 0.3) is 5.91 Å². The molecule has 2 aromatic carbocycles. The molecule has 3 aromatic rings. The van der Waals surface area contributed by atoms with Crippen molar-refractivity contribution >= 4 is 56.6 Å². The highest BCUT2D eigenvalue weighted by molar-refractivity contribution is 7.22. The summed E-state index contributed by atoms with van der Waals surface area (Å²) < 4.78 is 14.5. The average Bonchev–Trinajstić information content (AvgIpc) is 3.09. The van der Waals surface area contributed by atoms with Gasteiger partial charge >= 0.3 is 0 Å². The number of rotatable bonds is 7. The Morgan fingerprint density at radius 3 is 2.47 bits per heavy atom. The van der Waals surface area contributed by atoms with Crippen LogP contribution in [0.2, 0.25) is 5.02 Å². The Hall–Kier alpha value is -1.73. The number of nitrogens with zero attached hydrogens (tertiary/aromatic N) is 3. The van der Waals surface area contributed by atoms with Gasteiger partial charge in [0.15, 0.2) is 5.13 Å². The van der Waals surface area contributed by atoms with Gasteiger partial charge in [-0.15, -0.1) is 12.4 Å². The monoisotopic (exact) mass is 469 g/mol. The molecule has 0 unspecified atom stereocenters. The molecule has 1 aromatic heterocycles. The molecular weight excluding hydrogens is 444 g/mol. The zero-order chi connectivity index (χ0) is 21.1. The SMILES string of the molecule is CCN(CC)CCN(C(=O)c1ccc(F)cc1Cl)c1nc2c(C)cc(C)cc2s1.Cl. The van der Waals surface area contributed by atoms with E-state index in [9.17, 15) is 9.18 Å². The number of carbonyl (C=O) groups is 1. The van der Waals surface area contributed by atoms with Crippen molar-refractivity contribution in [2.45, 2.75) is 27.7 Å². The number of halogens is 3. The van der Waals surface area contributed by atoms with E-state index in [-0.39, 0.29) is 28.9 Å². The van der Waals surface area contributed by atoms with Crippen LogP contribution in [0.25, 0.3) is 10.2 Å². The Bertz CT molecular complexity index is 1040. The van der Waals surface area contributed by atoms with E-state index in [2.05, 4.69) is 30.9 Å². The maximum Gasteiger partial charge on any atom is 0.261 e. The van der Waals surface area contributed by atoms with E-state index in [4.69, 9.17) is 16.6 Å². The molecule has 0 radical (unpaired) electrons. The fourth-order valence-corrected chi connectivity index (χ4v) is 4.76. The number of benzene rings is 2. The van der Waals surface area contributed by atoms with Crippen LogP contribution in [0.4, 0.5) is 9.52 Å². The number of aromatic nitrogens is 1. The highest BCUT2D eigenvalue weighted by Gasteiger charge is 2.24. The number of likely N-dealkylation sites (N-methyl/N-ethyl adjacent to an activating group) is 1. The molecule has 0 fully saturated rings. The van der Waals surface area contributed by atoms with Crippen LogP contribution < -0.4 is 4.90 Å². The van der Waals surface area contributed by atoms with Gasteiger partial charge in [0, 0.05) is 13.1 Å². The summed E-state index contributed by atoms with van der Waals surface area (Å²) in [5, 5.41) is 0.738. The fourth-order valence-electron chi connectivity index (χ4n) is 3.35. The predicted molar refractivity (Wildman–Crippen MR) is 127 cm³/mol. The summed E-state index contributed by atoms with van der Waals surface area (Å²) >= 11 is 7.67. The van der Waals surface area contributed by atoms with Crippen LogP contribution in [0.5, 0.6) is 0 Å². The van der Waals surface area contributed by atoms with E-state index >= 15 is 0 Å². The summed E-state index contributed by atoms with van der Waals surface area (Å²) in [6.07, 6.45) is 0. The first-order valence-electron chi connectivity index (χ1n) is 9.71. The number of hydrogen-bond donors (Lipinski definition) is 0. The lowest BCUT2D eigenvalue weighted by Crippen LogP contribution is -2.39. The van der Waals surface area contributed by atoms with Crippen LogP contribution in [0.1, 0.15) is 35.3 Å². The third-order valence-corrected chi connectivity index (χ3v) is 6.33. The van der Waals surface area contributed by atoms with Crippen LogP contribution in [-0.2, 0) is 0 Å². The van der Waals surface area contributed by atoms with Gasteiger partial charge in [0.2, 0.25) is 0 Å². The summed E-state index contributed by atoms with van der Waals surface area (Å²) in [6, 6.07) is 8.04. The molecule has 0 saturated carbocycles. The summed E-state index contributed by atoms with van der Waals surface area (Å²) in [4.78, 5) is 22.0. The lowest BCUT2D eigenvalue weighted by molar-refractivity contribution is 0.0984. The van der Waals surface area contributed by atoms with Gasteiger partial charge in [0.1, 0.15) is 5.82 Å². The minimum absolute atomic E-state index is 0. The molecule has 162 valence electrons. The lowest BCUT2D eigenvalue weighted by atomic mass is 10.1. The minimum Gasteiger partial charge on any atom is -0.302 e. The number of thiazole rings is 1. The molecule has 4 nitrogen and oxygen atoms in total. The van der Waals surface area contributed by atoms with E-state index < -0.39 is 5.82 Å². The normalized spacial score (nSPS) is 11.0. The third-order valence-electron chi connectivity index (χ3n) is 4.99. The predicted octanol–water partition coefficient (Wildman–Crippen LogP) is 6.12. The molecule has 0 N–H and O–H groups in total. The van der Waals surface area contributed by atoms with Crippen molar-refractivity contribution in [3.63, 3.8) is 0 Å². The Balaban J connectivity index is 0.00000320. The molecule has 0 bridgehead atoms. The summed E-state index contributed by atoms with van der Waals surface area (Å²) in [5.74, 6) is -0.733. The number of carbonyl (C=O) groups excluding carboxylic acids is 1. The fraction of sp³-hybridized carbons (Fsp3) is 0.364. The number of aryl methyl sites for hydroxylation is 2. The van der Waals surface area contributed by atoms with Crippen molar-refractivity contribution < 1.29 is 9.18 Å². The van der Waals surface area contributed by atoms with Crippen LogP contribution >= 0.6 is 35.3 Å². The Morgan fingerprint density at radius 1 is 1.13 bits per heavy atom. The number of anilines is 1. The van der Waals surface area contributed by atoms with E-state index in [1.54, 1.807) is 4.90 Å². The second-order valence-corrected chi connectivity index (χ2v) is 8.45. The number of hydrogen-bond acceptors (Lipinski definition) is 4. The second kappa shape index (κ2) is 10.5. The van der Waals surface area contributed by atoms with E-state index in [0.29, 0.717) is 18.2 Å². The third kappa shape index (κ3) is 5.30. The highest BCUT2D eigenvalue weighted by Crippen LogP contribution is 2.33. The van der Waals surface area contributed by atoms with Crippen LogP contribution in [0, 0.1) is 19.7 Å². The van der Waals surface area contributed by atoms with Crippen molar-refractivity contribution in [2.24, 2.45) is 0 Å². The van der Waals surface area contributed by atoms with Crippen molar-refractivity contribution in [3.8, 4) is 0 Å². The van der Waals surface area contributed by atoms with Crippen LogP contribution in [0.15, 0.2) is 30.3 Å².